The van der Waals surface area contributed by atoms with Crippen LogP contribution in [0.25, 0.3) is 0 Å². The molecule has 0 aromatic carbocycles. The Morgan fingerprint density at radius 2 is 2.13 bits per heavy atom. The van der Waals surface area contributed by atoms with Gasteiger partial charge in [0, 0.05) is 51.9 Å². The molecule has 0 amide bonds. The van der Waals surface area contributed by atoms with E-state index in [9.17, 15) is 0 Å². The van der Waals surface area contributed by atoms with Crippen molar-refractivity contribution in [3.05, 3.63) is 18.0 Å². The normalized spacial score (nSPS) is 24.7. The van der Waals surface area contributed by atoms with Crippen molar-refractivity contribution in [2.75, 3.05) is 39.3 Å². The molecule has 0 bridgehead atoms. The number of aromatic nitrogens is 1. The maximum Gasteiger partial charge on any atom is 0.194 e. The van der Waals surface area contributed by atoms with Gasteiger partial charge < -0.3 is 14.7 Å². The first-order valence-corrected chi connectivity index (χ1v) is 8.73. The minimum atomic E-state index is 0.497. The zero-order valence-corrected chi connectivity index (χ0v) is 14.6. The first kappa shape index (κ1) is 16.3. The summed E-state index contributed by atoms with van der Waals surface area (Å²) in [6, 6.07) is 1.94. The van der Waals surface area contributed by atoms with E-state index in [0.717, 1.165) is 63.4 Å². The summed E-state index contributed by atoms with van der Waals surface area (Å²) in [5, 5.41) is 7.45. The third kappa shape index (κ3) is 4.25. The highest BCUT2D eigenvalue weighted by atomic mass is 16.5. The standard InChI is InChI=1S/C17H29N5O/c1-4-18-16(19-12-14-11-17(14,2)3)22-8-6-21(7-9-22)13-15-5-10-23-20-15/h5,10,14H,4,6-9,11-13H2,1-3H3,(H,18,19). The molecule has 1 N–H and O–H groups in total. The van der Waals surface area contributed by atoms with E-state index in [-0.39, 0.29) is 0 Å². The summed E-state index contributed by atoms with van der Waals surface area (Å²) < 4.78 is 4.91. The van der Waals surface area contributed by atoms with E-state index in [1.165, 1.54) is 6.42 Å². The van der Waals surface area contributed by atoms with Gasteiger partial charge in [-0.25, -0.2) is 0 Å². The first-order valence-electron chi connectivity index (χ1n) is 8.73. The quantitative estimate of drug-likeness (QED) is 0.662. The van der Waals surface area contributed by atoms with Crippen LogP contribution in [0.1, 0.15) is 32.9 Å². The number of rotatable bonds is 5. The zero-order chi connectivity index (χ0) is 16.3. The monoisotopic (exact) mass is 319 g/mol. The SMILES string of the molecule is CCNC(=NCC1CC1(C)C)N1CCN(Cc2ccon2)CC1. The Kier molecular flexibility index (Phi) is 4.90. The van der Waals surface area contributed by atoms with Gasteiger partial charge >= 0.3 is 0 Å². The van der Waals surface area contributed by atoms with Crippen molar-refractivity contribution in [3.8, 4) is 0 Å². The number of hydrogen-bond acceptors (Lipinski definition) is 4. The summed E-state index contributed by atoms with van der Waals surface area (Å²) in [6.07, 6.45) is 2.95. The van der Waals surface area contributed by atoms with Gasteiger partial charge in [-0.05, 0) is 24.7 Å². The van der Waals surface area contributed by atoms with Crippen LogP contribution >= 0.6 is 0 Å². The highest BCUT2D eigenvalue weighted by molar-refractivity contribution is 5.80. The highest BCUT2D eigenvalue weighted by Crippen LogP contribution is 2.51. The van der Waals surface area contributed by atoms with E-state index in [1.807, 2.05) is 6.07 Å². The lowest BCUT2D eigenvalue weighted by molar-refractivity contribution is 0.169. The molecule has 1 unspecified atom stereocenters. The molecule has 2 fully saturated rings. The Morgan fingerprint density at radius 3 is 2.70 bits per heavy atom. The van der Waals surface area contributed by atoms with Crippen molar-refractivity contribution in [1.29, 1.82) is 0 Å². The average Bonchev–Trinajstić information content (AvgIpc) is 2.91. The lowest BCUT2D eigenvalue weighted by atomic mass is 10.1. The van der Waals surface area contributed by atoms with Crippen molar-refractivity contribution in [2.45, 2.75) is 33.7 Å². The molecule has 0 radical (unpaired) electrons. The van der Waals surface area contributed by atoms with E-state index >= 15 is 0 Å². The Balaban J connectivity index is 1.50. The summed E-state index contributed by atoms with van der Waals surface area (Å²) in [4.78, 5) is 9.69. The van der Waals surface area contributed by atoms with Crippen molar-refractivity contribution < 1.29 is 4.52 Å². The van der Waals surface area contributed by atoms with Crippen LogP contribution in [0.2, 0.25) is 0 Å². The van der Waals surface area contributed by atoms with Gasteiger partial charge in [-0.15, -0.1) is 0 Å². The molecular weight excluding hydrogens is 290 g/mol. The van der Waals surface area contributed by atoms with Gasteiger partial charge in [-0.2, -0.15) is 0 Å². The average molecular weight is 319 g/mol. The molecule has 1 saturated heterocycles. The molecule has 1 aliphatic carbocycles. The van der Waals surface area contributed by atoms with E-state index in [0.29, 0.717) is 5.41 Å². The fourth-order valence-electron chi connectivity index (χ4n) is 3.18. The molecule has 1 saturated carbocycles. The topological polar surface area (TPSA) is 56.9 Å². The second-order valence-corrected chi connectivity index (χ2v) is 7.34. The number of aliphatic imine (C=N–C) groups is 1. The largest absolute Gasteiger partial charge is 0.364 e. The van der Waals surface area contributed by atoms with E-state index in [2.05, 4.69) is 41.0 Å². The molecule has 2 heterocycles. The van der Waals surface area contributed by atoms with Gasteiger partial charge in [0.2, 0.25) is 0 Å². The first-order chi connectivity index (χ1) is 11.1. The van der Waals surface area contributed by atoms with Gasteiger partial charge in [0.15, 0.2) is 5.96 Å². The van der Waals surface area contributed by atoms with Gasteiger partial charge in [-0.3, -0.25) is 9.89 Å². The Bertz CT molecular complexity index is 517. The molecule has 3 rings (SSSR count). The van der Waals surface area contributed by atoms with Crippen LogP contribution in [0.15, 0.2) is 21.8 Å². The maximum absolute atomic E-state index is 4.91. The van der Waals surface area contributed by atoms with Crippen LogP contribution in [0.5, 0.6) is 0 Å². The predicted molar refractivity (Wildman–Crippen MR) is 91.2 cm³/mol. The van der Waals surface area contributed by atoms with Crippen LogP contribution in [-0.2, 0) is 6.54 Å². The van der Waals surface area contributed by atoms with Crippen LogP contribution < -0.4 is 5.32 Å². The van der Waals surface area contributed by atoms with Crippen molar-refractivity contribution in [1.82, 2.24) is 20.3 Å². The van der Waals surface area contributed by atoms with Crippen molar-refractivity contribution in [3.63, 3.8) is 0 Å². The lowest BCUT2D eigenvalue weighted by Crippen LogP contribution is -2.52. The Morgan fingerprint density at radius 1 is 1.39 bits per heavy atom. The molecule has 128 valence electrons. The van der Waals surface area contributed by atoms with E-state index < -0.39 is 0 Å². The molecule has 0 spiro atoms. The number of hydrogen-bond donors (Lipinski definition) is 1. The van der Waals surface area contributed by atoms with Gasteiger partial charge in [0.05, 0.1) is 5.69 Å². The van der Waals surface area contributed by atoms with Crippen LogP contribution in [0, 0.1) is 11.3 Å². The summed E-state index contributed by atoms with van der Waals surface area (Å²) in [5.74, 6) is 1.83. The van der Waals surface area contributed by atoms with Gasteiger partial charge in [0.1, 0.15) is 6.26 Å². The molecule has 1 aromatic heterocycles. The summed E-state index contributed by atoms with van der Waals surface area (Å²) >= 11 is 0. The Hall–Kier alpha value is -1.56. The second-order valence-electron chi connectivity index (χ2n) is 7.34. The molecule has 23 heavy (non-hydrogen) atoms. The van der Waals surface area contributed by atoms with Crippen LogP contribution in [0.3, 0.4) is 0 Å². The van der Waals surface area contributed by atoms with Gasteiger partial charge in [0.25, 0.3) is 0 Å². The second kappa shape index (κ2) is 6.91. The van der Waals surface area contributed by atoms with Crippen molar-refractivity contribution >= 4 is 5.96 Å². The third-order valence-electron chi connectivity index (χ3n) is 5.06. The molecule has 2 aliphatic rings. The molecule has 6 nitrogen and oxygen atoms in total. The predicted octanol–water partition coefficient (Wildman–Crippen LogP) is 1.80. The van der Waals surface area contributed by atoms with Crippen molar-refractivity contribution in [2.24, 2.45) is 16.3 Å². The van der Waals surface area contributed by atoms with E-state index in [1.54, 1.807) is 6.26 Å². The lowest BCUT2D eigenvalue weighted by Gasteiger charge is -2.36. The Labute approximate surface area is 138 Å². The van der Waals surface area contributed by atoms with Crippen LogP contribution in [0.4, 0.5) is 0 Å². The number of nitrogens with one attached hydrogen (secondary N) is 1. The number of nitrogens with zero attached hydrogens (tertiary/aromatic N) is 4. The minimum absolute atomic E-state index is 0.497. The highest BCUT2D eigenvalue weighted by Gasteiger charge is 2.45. The van der Waals surface area contributed by atoms with Gasteiger partial charge in [-0.1, -0.05) is 19.0 Å². The molecule has 1 aliphatic heterocycles. The molecule has 6 heteroatoms. The molecular formula is C17H29N5O. The summed E-state index contributed by atoms with van der Waals surface area (Å²) in [5.41, 5.74) is 1.51. The molecule has 1 aromatic rings. The fourth-order valence-corrected chi connectivity index (χ4v) is 3.18. The smallest absolute Gasteiger partial charge is 0.194 e. The maximum atomic E-state index is 4.91. The van der Waals surface area contributed by atoms with Crippen LogP contribution in [-0.4, -0.2) is 60.2 Å². The molecule has 1 atom stereocenters. The number of piperazine rings is 1. The summed E-state index contributed by atoms with van der Waals surface area (Å²) in [6.45, 7) is 13.6. The third-order valence-corrected chi connectivity index (χ3v) is 5.06. The zero-order valence-electron chi connectivity index (χ0n) is 14.6. The summed E-state index contributed by atoms with van der Waals surface area (Å²) in [7, 11) is 0. The van der Waals surface area contributed by atoms with E-state index in [4.69, 9.17) is 9.52 Å². The minimum Gasteiger partial charge on any atom is -0.364 e. The number of guanidine groups is 1. The fraction of sp³-hybridized carbons (Fsp3) is 0.765.